The minimum Gasteiger partial charge on any atom is -0.496 e. The first-order chi connectivity index (χ1) is 7.70. The van der Waals surface area contributed by atoms with Crippen LogP contribution in [0.5, 0.6) is 5.75 Å². The van der Waals surface area contributed by atoms with Crippen LogP contribution in [0.25, 0.3) is 11.1 Å². The van der Waals surface area contributed by atoms with Gasteiger partial charge in [-0.25, -0.2) is 0 Å². The lowest BCUT2D eigenvalue weighted by atomic mass is 10.0. The van der Waals surface area contributed by atoms with E-state index in [2.05, 4.69) is 11.1 Å². The maximum atomic E-state index is 5.72. The highest BCUT2D eigenvalue weighted by Crippen LogP contribution is 2.31. The van der Waals surface area contributed by atoms with Crippen LogP contribution in [0.4, 0.5) is 5.69 Å². The number of pyridine rings is 1. The summed E-state index contributed by atoms with van der Waals surface area (Å²) in [7, 11) is 1.64. The molecule has 1 heterocycles. The van der Waals surface area contributed by atoms with Crippen LogP contribution in [0.3, 0.4) is 0 Å². The molecule has 0 spiro atoms. The van der Waals surface area contributed by atoms with Gasteiger partial charge in [0.1, 0.15) is 5.75 Å². The molecular weight excluding hydrogens is 200 g/mol. The minimum atomic E-state index is 0.696. The van der Waals surface area contributed by atoms with Gasteiger partial charge in [0.15, 0.2) is 0 Å². The van der Waals surface area contributed by atoms with Crippen LogP contribution in [0.15, 0.2) is 36.7 Å². The summed E-state index contributed by atoms with van der Waals surface area (Å²) in [6.45, 7) is 2.01. The molecule has 0 aliphatic rings. The Balaban J connectivity index is 2.55. The number of nitrogens with zero attached hydrogens (tertiary/aromatic N) is 1. The van der Waals surface area contributed by atoms with Crippen molar-refractivity contribution >= 4 is 5.69 Å². The summed E-state index contributed by atoms with van der Waals surface area (Å²) in [5.41, 5.74) is 9.58. The van der Waals surface area contributed by atoms with Crippen molar-refractivity contribution in [3.05, 3.63) is 42.2 Å². The van der Waals surface area contributed by atoms with Crippen molar-refractivity contribution in [1.82, 2.24) is 4.98 Å². The fourth-order valence-corrected chi connectivity index (χ4v) is 1.65. The van der Waals surface area contributed by atoms with Gasteiger partial charge in [0.25, 0.3) is 0 Å². The number of anilines is 1. The standard InChI is InChI=1S/C13H14N2O/c1-9-5-10(8-15-7-9)12-4-3-11(14)6-13(12)16-2/h3-8H,14H2,1-2H3. The summed E-state index contributed by atoms with van der Waals surface area (Å²) in [5.74, 6) is 0.771. The lowest BCUT2D eigenvalue weighted by molar-refractivity contribution is 0.416. The second kappa shape index (κ2) is 4.23. The Morgan fingerprint density at radius 1 is 1.19 bits per heavy atom. The number of nitrogens with two attached hydrogens (primary N) is 1. The van der Waals surface area contributed by atoms with Gasteiger partial charge >= 0.3 is 0 Å². The quantitative estimate of drug-likeness (QED) is 0.782. The van der Waals surface area contributed by atoms with E-state index >= 15 is 0 Å². The Hall–Kier alpha value is -2.03. The van der Waals surface area contributed by atoms with Gasteiger partial charge in [-0.1, -0.05) is 0 Å². The first-order valence-electron chi connectivity index (χ1n) is 5.06. The molecule has 0 atom stereocenters. The molecule has 82 valence electrons. The fourth-order valence-electron chi connectivity index (χ4n) is 1.65. The normalized spacial score (nSPS) is 10.1. The Bertz CT molecular complexity index is 509. The van der Waals surface area contributed by atoms with Crippen molar-refractivity contribution < 1.29 is 4.74 Å². The van der Waals surface area contributed by atoms with Gasteiger partial charge in [0, 0.05) is 35.3 Å². The summed E-state index contributed by atoms with van der Waals surface area (Å²) >= 11 is 0. The van der Waals surface area contributed by atoms with Gasteiger partial charge in [0.2, 0.25) is 0 Å². The third-order valence-electron chi connectivity index (χ3n) is 2.41. The molecule has 16 heavy (non-hydrogen) atoms. The molecule has 3 nitrogen and oxygen atoms in total. The zero-order valence-electron chi connectivity index (χ0n) is 9.40. The van der Waals surface area contributed by atoms with Crippen molar-refractivity contribution in [2.75, 3.05) is 12.8 Å². The van der Waals surface area contributed by atoms with Crippen molar-refractivity contribution in [2.45, 2.75) is 6.92 Å². The third-order valence-corrected chi connectivity index (χ3v) is 2.41. The number of hydrogen-bond acceptors (Lipinski definition) is 3. The highest BCUT2D eigenvalue weighted by atomic mass is 16.5. The minimum absolute atomic E-state index is 0.696. The first kappa shape index (κ1) is 10.5. The van der Waals surface area contributed by atoms with Crippen LogP contribution < -0.4 is 10.5 Å². The number of nitrogen functional groups attached to an aromatic ring is 1. The number of hydrogen-bond donors (Lipinski definition) is 1. The Morgan fingerprint density at radius 2 is 2.00 bits per heavy atom. The van der Waals surface area contributed by atoms with E-state index in [0.29, 0.717) is 5.69 Å². The molecule has 0 unspecified atom stereocenters. The van der Waals surface area contributed by atoms with Crippen LogP contribution in [-0.4, -0.2) is 12.1 Å². The van der Waals surface area contributed by atoms with Crippen molar-refractivity contribution in [3.8, 4) is 16.9 Å². The summed E-state index contributed by atoms with van der Waals surface area (Å²) in [6.07, 6.45) is 3.65. The van der Waals surface area contributed by atoms with Crippen LogP contribution in [0.2, 0.25) is 0 Å². The molecule has 1 aromatic carbocycles. The van der Waals surface area contributed by atoms with Crippen molar-refractivity contribution in [3.63, 3.8) is 0 Å². The van der Waals surface area contributed by atoms with E-state index in [4.69, 9.17) is 10.5 Å². The van der Waals surface area contributed by atoms with Gasteiger partial charge < -0.3 is 10.5 Å². The van der Waals surface area contributed by atoms with Gasteiger partial charge in [-0.05, 0) is 30.7 Å². The molecule has 1 aromatic heterocycles. The van der Waals surface area contributed by atoms with E-state index in [1.54, 1.807) is 7.11 Å². The summed E-state index contributed by atoms with van der Waals surface area (Å²) in [5, 5.41) is 0. The van der Waals surface area contributed by atoms with Crippen molar-refractivity contribution in [2.24, 2.45) is 0 Å². The van der Waals surface area contributed by atoms with E-state index < -0.39 is 0 Å². The van der Waals surface area contributed by atoms with Gasteiger partial charge in [-0.3, -0.25) is 4.98 Å². The molecule has 2 N–H and O–H groups in total. The molecule has 2 aromatic rings. The zero-order valence-corrected chi connectivity index (χ0v) is 9.40. The summed E-state index contributed by atoms with van der Waals surface area (Å²) in [6, 6.07) is 7.70. The summed E-state index contributed by atoms with van der Waals surface area (Å²) < 4.78 is 5.31. The van der Waals surface area contributed by atoms with Crippen LogP contribution in [-0.2, 0) is 0 Å². The number of rotatable bonds is 2. The molecule has 0 fully saturated rings. The maximum absolute atomic E-state index is 5.72. The van der Waals surface area contributed by atoms with E-state index in [0.717, 1.165) is 22.4 Å². The topological polar surface area (TPSA) is 48.1 Å². The Kier molecular flexibility index (Phi) is 2.77. The molecule has 0 aliphatic heterocycles. The molecule has 0 aliphatic carbocycles. The second-order valence-corrected chi connectivity index (χ2v) is 3.71. The first-order valence-corrected chi connectivity index (χ1v) is 5.06. The highest BCUT2D eigenvalue weighted by Gasteiger charge is 2.06. The fraction of sp³-hybridized carbons (Fsp3) is 0.154. The Labute approximate surface area is 94.9 Å². The lowest BCUT2D eigenvalue weighted by Crippen LogP contribution is -1.92. The molecular formula is C13H14N2O. The van der Waals surface area contributed by atoms with Crippen LogP contribution in [0, 0.1) is 6.92 Å². The molecule has 2 rings (SSSR count). The van der Waals surface area contributed by atoms with Crippen LogP contribution >= 0.6 is 0 Å². The maximum Gasteiger partial charge on any atom is 0.128 e. The van der Waals surface area contributed by atoms with E-state index in [-0.39, 0.29) is 0 Å². The predicted octanol–water partition coefficient (Wildman–Crippen LogP) is 2.65. The van der Waals surface area contributed by atoms with Crippen molar-refractivity contribution in [1.29, 1.82) is 0 Å². The monoisotopic (exact) mass is 214 g/mol. The smallest absolute Gasteiger partial charge is 0.128 e. The van der Waals surface area contributed by atoms with Gasteiger partial charge in [0.05, 0.1) is 7.11 Å². The number of ether oxygens (including phenoxy) is 1. The van der Waals surface area contributed by atoms with Crippen LogP contribution in [0.1, 0.15) is 5.56 Å². The molecule has 0 saturated carbocycles. The molecule has 0 saturated heterocycles. The number of benzene rings is 1. The van der Waals surface area contributed by atoms with Gasteiger partial charge in [-0.2, -0.15) is 0 Å². The second-order valence-electron chi connectivity index (χ2n) is 3.71. The number of methoxy groups -OCH3 is 1. The lowest BCUT2D eigenvalue weighted by Gasteiger charge is -2.09. The Morgan fingerprint density at radius 3 is 2.69 bits per heavy atom. The number of aromatic nitrogens is 1. The average molecular weight is 214 g/mol. The van der Waals surface area contributed by atoms with E-state index in [9.17, 15) is 0 Å². The largest absolute Gasteiger partial charge is 0.496 e. The predicted molar refractivity (Wildman–Crippen MR) is 65.4 cm³/mol. The van der Waals surface area contributed by atoms with E-state index in [1.807, 2.05) is 37.5 Å². The SMILES string of the molecule is COc1cc(N)ccc1-c1cncc(C)c1. The molecule has 0 radical (unpaired) electrons. The van der Waals surface area contributed by atoms with E-state index in [1.165, 1.54) is 0 Å². The molecule has 3 heteroatoms. The third kappa shape index (κ3) is 1.98. The zero-order chi connectivity index (χ0) is 11.5. The molecule has 0 bridgehead atoms. The number of aryl methyl sites for hydroxylation is 1. The molecule has 0 amide bonds. The highest BCUT2D eigenvalue weighted by molar-refractivity contribution is 5.72. The summed E-state index contributed by atoms with van der Waals surface area (Å²) in [4.78, 5) is 4.17. The van der Waals surface area contributed by atoms with Gasteiger partial charge in [-0.15, -0.1) is 0 Å². The average Bonchev–Trinajstić information content (AvgIpc) is 2.28.